The van der Waals surface area contributed by atoms with Crippen LogP contribution in [0.25, 0.3) is 0 Å². The monoisotopic (exact) mass is 291 g/mol. The standard InChI is InChI=1S/C15H25N5O/c1-20(2)13-8-10-16-15(19-13)17-11-9-14(21)18-12-6-4-3-5-7-12/h8,10,12H,3-7,9,11H2,1-2H3,(H,18,21)(H,16,17,19). The number of carbonyl (C=O) groups is 1. The Morgan fingerprint density at radius 1 is 1.33 bits per heavy atom. The van der Waals surface area contributed by atoms with Gasteiger partial charge in [-0.15, -0.1) is 0 Å². The molecule has 116 valence electrons. The first-order valence-electron chi connectivity index (χ1n) is 7.69. The molecule has 0 radical (unpaired) electrons. The summed E-state index contributed by atoms with van der Waals surface area (Å²) in [5.41, 5.74) is 0. The van der Waals surface area contributed by atoms with E-state index in [-0.39, 0.29) is 5.91 Å². The quantitative estimate of drug-likeness (QED) is 0.836. The molecule has 0 aromatic carbocycles. The van der Waals surface area contributed by atoms with Gasteiger partial charge in [0.2, 0.25) is 11.9 Å². The van der Waals surface area contributed by atoms with Crippen LogP contribution in [-0.2, 0) is 4.79 Å². The maximum Gasteiger partial charge on any atom is 0.224 e. The van der Waals surface area contributed by atoms with Crippen molar-refractivity contribution in [2.75, 3.05) is 30.9 Å². The van der Waals surface area contributed by atoms with Gasteiger partial charge in [-0.25, -0.2) is 4.98 Å². The zero-order valence-electron chi connectivity index (χ0n) is 12.9. The third-order valence-electron chi connectivity index (χ3n) is 3.70. The number of aromatic nitrogens is 2. The lowest BCUT2D eigenvalue weighted by Gasteiger charge is -2.22. The number of hydrogen-bond donors (Lipinski definition) is 2. The van der Waals surface area contributed by atoms with Crippen molar-refractivity contribution in [1.82, 2.24) is 15.3 Å². The van der Waals surface area contributed by atoms with Crippen LogP contribution < -0.4 is 15.5 Å². The van der Waals surface area contributed by atoms with Gasteiger partial charge >= 0.3 is 0 Å². The molecule has 0 saturated heterocycles. The first-order chi connectivity index (χ1) is 10.1. The van der Waals surface area contributed by atoms with Crippen LogP contribution in [0.4, 0.5) is 11.8 Å². The zero-order valence-corrected chi connectivity index (χ0v) is 12.9. The Morgan fingerprint density at radius 3 is 2.81 bits per heavy atom. The Labute approximate surface area is 126 Å². The van der Waals surface area contributed by atoms with Crippen LogP contribution in [0.3, 0.4) is 0 Å². The van der Waals surface area contributed by atoms with E-state index in [9.17, 15) is 4.79 Å². The Balaban J connectivity index is 1.70. The summed E-state index contributed by atoms with van der Waals surface area (Å²) in [7, 11) is 3.87. The van der Waals surface area contributed by atoms with Crippen molar-refractivity contribution >= 4 is 17.7 Å². The Bertz CT molecular complexity index is 457. The van der Waals surface area contributed by atoms with E-state index >= 15 is 0 Å². The molecular weight excluding hydrogens is 266 g/mol. The van der Waals surface area contributed by atoms with E-state index in [4.69, 9.17) is 0 Å². The average Bonchev–Trinajstić information content (AvgIpc) is 2.48. The molecule has 0 unspecified atom stereocenters. The maximum atomic E-state index is 11.9. The van der Waals surface area contributed by atoms with Gasteiger partial charge in [0.25, 0.3) is 0 Å². The molecule has 1 aliphatic carbocycles. The molecular formula is C15H25N5O. The predicted octanol–water partition coefficient (Wildman–Crippen LogP) is 1.79. The first kappa shape index (κ1) is 15.5. The van der Waals surface area contributed by atoms with Crippen LogP contribution in [0.2, 0.25) is 0 Å². The minimum Gasteiger partial charge on any atom is -0.363 e. The number of carbonyl (C=O) groups excluding carboxylic acids is 1. The molecule has 2 N–H and O–H groups in total. The molecule has 1 aromatic heterocycles. The molecule has 6 heteroatoms. The molecule has 2 rings (SSSR count). The molecule has 6 nitrogen and oxygen atoms in total. The molecule has 1 aromatic rings. The second kappa shape index (κ2) is 7.81. The molecule has 0 atom stereocenters. The molecule has 0 aliphatic heterocycles. The van der Waals surface area contributed by atoms with Crippen LogP contribution in [0.1, 0.15) is 38.5 Å². The van der Waals surface area contributed by atoms with Gasteiger partial charge in [-0.2, -0.15) is 4.98 Å². The third-order valence-corrected chi connectivity index (χ3v) is 3.70. The van der Waals surface area contributed by atoms with E-state index in [1.807, 2.05) is 25.1 Å². The van der Waals surface area contributed by atoms with E-state index in [0.717, 1.165) is 18.7 Å². The van der Waals surface area contributed by atoms with E-state index in [1.165, 1.54) is 19.3 Å². The van der Waals surface area contributed by atoms with Crippen molar-refractivity contribution < 1.29 is 4.79 Å². The van der Waals surface area contributed by atoms with Gasteiger partial charge in [0.05, 0.1) is 0 Å². The summed E-state index contributed by atoms with van der Waals surface area (Å²) in [5.74, 6) is 1.52. The van der Waals surface area contributed by atoms with Crippen molar-refractivity contribution in [3.8, 4) is 0 Å². The third kappa shape index (κ3) is 5.21. The Morgan fingerprint density at radius 2 is 2.10 bits per heavy atom. The highest BCUT2D eigenvalue weighted by Crippen LogP contribution is 2.17. The maximum absolute atomic E-state index is 11.9. The fourth-order valence-electron chi connectivity index (χ4n) is 2.52. The molecule has 0 spiro atoms. The number of anilines is 2. The molecule has 1 heterocycles. The average molecular weight is 291 g/mol. The smallest absolute Gasteiger partial charge is 0.224 e. The number of hydrogen-bond acceptors (Lipinski definition) is 5. The van der Waals surface area contributed by atoms with Crippen molar-refractivity contribution in [2.45, 2.75) is 44.6 Å². The lowest BCUT2D eigenvalue weighted by Crippen LogP contribution is -2.36. The summed E-state index contributed by atoms with van der Waals surface area (Å²) in [6, 6.07) is 2.22. The molecule has 1 amide bonds. The van der Waals surface area contributed by atoms with E-state index in [0.29, 0.717) is 25.0 Å². The highest BCUT2D eigenvalue weighted by Gasteiger charge is 2.15. The molecule has 0 bridgehead atoms. The number of nitrogens with zero attached hydrogens (tertiary/aromatic N) is 3. The zero-order chi connectivity index (χ0) is 15.1. The minimum absolute atomic E-state index is 0.109. The van der Waals surface area contributed by atoms with Crippen molar-refractivity contribution in [3.63, 3.8) is 0 Å². The van der Waals surface area contributed by atoms with Crippen LogP contribution in [0.15, 0.2) is 12.3 Å². The van der Waals surface area contributed by atoms with Gasteiger partial charge in [0.1, 0.15) is 5.82 Å². The molecule has 1 aliphatic rings. The van der Waals surface area contributed by atoms with Gasteiger partial charge < -0.3 is 15.5 Å². The van der Waals surface area contributed by atoms with Gasteiger partial charge in [-0.05, 0) is 18.9 Å². The molecule has 1 fully saturated rings. The van der Waals surface area contributed by atoms with E-state index < -0.39 is 0 Å². The van der Waals surface area contributed by atoms with Crippen molar-refractivity contribution in [1.29, 1.82) is 0 Å². The highest BCUT2D eigenvalue weighted by atomic mass is 16.1. The number of nitrogens with one attached hydrogen (secondary N) is 2. The Kier molecular flexibility index (Phi) is 5.78. The van der Waals surface area contributed by atoms with Gasteiger partial charge in [0.15, 0.2) is 0 Å². The predicted molar refractivity (Wildman–Crippen MR) is 84.5 cm³/mol. The van der Waals surface area contributed by atoms with Crippen molar-refractivity contribution in [3.05, 3.63) is 12.3 Å². The summed E-state index contributed by atoms with van der Waals surface area (Å²) >= 11 is 0. The normalized spacial score (nSPS) is 15.5. The first-order valence-corrected chi connectivity index (χ1v) is 7.69. The topological polar surface area (TPSA) is 70.2 Å². The second-order valence-electron chi connectivity index (χ2n) is 5.71. The van der Waals surface area contributed by atoms with Crippen LogP contribution in [0.5, 0.6) is 0 Å². The molecule has 1 saturated carbocycles. The molecule has 21 heavy (non-hydrogen) atoms. The lowest BCUT2D eigenvalue weighted by atomic mass is 9.95. The SMILES string of the molecule is CN(C)c1ccnc(NCCC(=O)NC2CCCCC2)n1. The van der Waals surface area contributed by atoms with Crippen LogP contribution in [-0.4, -0.2) is 42.6 Å². The largest absolute Gasteiger partial charge is 0.363 e. The van der Waals surface area contributed by atoms with Crippen LogP contribution in [0, 0.1) is 0 Å². The summed E-state index contributed by atoms with van der Waals surface area (Å²) in [6.45, 7) is 0.551. The van der Waals surface area contributed by atoms with Gasteiger partial charge in [-0.3, -0.25) is 4.79 Å². The lowest BCUT2D eigenvalue weighted by molar-refractivity contribution is -0.121. The summed E-state index contributed by atoms with van der Waals surface area (Å²) in [5, 5.41) is 6.21. The highest BCUT2D eigenvalue weighted by molar-refractivity contribution is 5.76. The minimum atomic E-state index is 0.109. The Hall–Kier alpha value is -1.85. The summed E-state index contributed by atoms with van der Waals surface area (Å²) in [4.78, 5) is 22.3. The van der Waals surface area contributed by atoms with Gasteiger partial charge in [-0.1, -0.05) is 19.3 Å². The number of amides is 1. The van der Waals surface area contributed by atoms with Gasteiger partial charge in [0, 0.05) is 39.3 Å². The summed E-state index contributed by atoms with van der Waals surface area (Å²) in [6.07, 6.45) is 8.16. The van der Waals surface area contributed by atoms with Crippen molar-refractivity contribution in [2.24, 2.45) is 0 Å². The van der Waals surface area contributed by atoms with E-state index in [1.54, 1.807) is 6.20 Å². The second-order valence-corrected chi connectivity index (χ2v) is 5.71. The fraction of sp³-hybridized carbons (Fsp3) is 0.667. The fourth-order valence-corrected chi connectivity index (χ4v) is 2.52. The number of rotatable bonds is 6. The van der Waals surface area contributed by atoms with Crippen LogP contribution >= 0.6 is 0 Å². The summed E-state index contributed by atoms with van der Waals surface area (Å²) < 4.78 is 0. The van der Waals surface area contributed by atoms with E-state index in [2.05, 4.69) is 20.6 Å².